The number of aryl methyl sites for hydroxylation is 1. The summed E-state index contributed by atoms with van der Waals surface area (Å²) in [6, 6.07) is 10.3. The van der Waals surface area contributed by atoms with Crippen molar-refractivity contribution < 1.29 is 0 Å². The summed E-state index contributed by atoms with van der Waals surface area (Å²) in [5.41, 5.74) is 1.15. The first-order chi connectivity index (χ1) is 8.36. The molecular weight excluding hydrogens is 210 g/mol. The van der Waals surface area contributed by atoms with Crippen LogP contribution in [0.1, 0.15) is 32.5 Å². The molecule has 0 aliphatic rings. The molecule has 0 amide bonds. The van der Waals surface area contributed by atoms with Gasteiger partial charge in [-0.15, -0.1) is 10.2 Å². The molecule has 0 saturated carbocycles. The largest absolute Gasteiger partial charge is 0.311 e. The van der Waals surface area contributed by atoms with E-state index in [9.17, 15) is 0 Å². The quantitative estimate of drug-likeness (QED) is 0.787. The van der Waals surface area contributed by atoms with Gasteiger partial charge in [0.2, 0.25) is 0 Å². The number of hydrogen-bond donors (Lipinski definition) is 0. The molecule has 0 bridgehead atoms. The molecule has 3 nitrogen and oxygen atoms in total. The average Bonchev–Trinajstić information content (AvgIpc) is 2.75. The zero-order chi connectivity index (χ0) is 12.1. The van der Waals surface area contributed by atoms with E-state index in [1.807, 2.05) is 18.2 Å². The molecule has 1 aromatic heterocycles. The summed E-state index contributed by atoms with van der Waals surface area (Å²) in [6.07, 6.45) is 3.21. The van der Waals surface area contributed by atoms with Gasteiger partial charge in [0.15, 0.2) is 5.82 Å². The highest BCUT2D eigenvalue weighted by atomic mass is 15.3. The molecule has 1 heterocycles. The second-order valence-electron chi connectivity index (χ2n) is 4.21. The van der Waals surface area contributed by atoms with E-state index < -0.39 is 0 Å². The Morgan fingerprint density at radius 3 is 2.41 bits per heavy atom. The van der Waals surface area contributed by atoms with Gasteiger partial charge in [0.1, 0.15) is 5.82 Å². The average molecular weight is 229 g/mol. The van der Waals surface area contributed by atoms with Crippen LogP contribution in [0.25, 0.3) is 11.4 Å². The van der Waals surface area contributed by atoms with Crippen molar-refractivity contribution in [2.45, 2.75) is 39.7 Å². The van der Waals surface area contributed by atoms with E-state index in [-0.39, 0.29) is 0 Å². The van der Waals surface area contributed by atoms with Crippen molar-refractivity contribution >= 4 is 0 Å². The second kappa shape index (κ2) is 5.62. The normalized spacial score (nSPS) is 10.7. The van der Waals surface area contributed by atoms with Crippen LogP contribution in [-0.2, 0) is 13.0 Å². The third-order valence-electron chi connectivity index (χ3n) is 2.78. The van der Waals surface area contributed by atoms with Crippen LogP contribution in [0.15, 0.2) is 30.3 Å². The summed E-state index contributed by atoms with van der Waals surface area (Å²) < 4.78 is 2.25. The molecule has 90 valence electrons. The van der Waals surface area contributed by atoms with Crippen LogP contribution in [0.4, 0.5) is 0 Å². The summed E-state index contributed by atoms with van der Waals surface area (Å²) in [5.74, 6) is 2.10. The van der Waals surface area contributed by atoms with Gasteiger partial charge in [-0.25, -0.2) is 0 Å². The van der Waals surface area contributed by atoms with Gasteiger partial charge in [-0.05, 0) is 12.8 Å². The van der Waals surface area contributed by atoms with Gasteiger partial charge < -0.3 is 4.57 Å². The molecule has 0 atom stereocenters. The summed E-state index contributed by atoms with van der Waals surface area (Å²) in [6.45, 7) is 5.35. The molecule has 0 spiro atoms. The van der Waals surface area contributed by atoms with E-state index in [0.717, 1.165) is 43.0 Å². The van der Waals surface area contributed by atoms with Crippen LogP contribution in [-0.4, -0.2) is 14.8 Å². The maximum absolute atomic E-state index is 4.34. The first kappa shape index (κ1) is 11.8. The van der Waals surface area contributed by atoms with Crippen molar-refractivity contribution in [2.24, 2.45) is 0 Å². The Bertz CT molecular complexity index is 460. The Morgan fingerprint density at radius 1 is 1.00 bits per heavy atom. The minimum atomic E-state index is 0.993. The van der Waals surface area contributed by atoms with Crippen molar-refractivity contribution in [3.63, 3.8) is 0 Å². The molecule has 17 heavy (non-hydrogen) atoms. The fraction of sp³-hybridized carbons (Fsp3) is 0.429. The number of benzene rings is 1. The van der Waals surface area contributed by atoms with Gasteiger partial charge in [0, 0.05) is 18.5 Å². The third kappa shape index (κ3) is 2.54. The fourth-order valence-electron chi connectivity index (χ4n) is 2.00. The molecule has 0 aliphatic heterocycles. The zero-order valence-electron chi connectivity index (χ0n) is 10.6. The van der Waals surface area contributed by atoms with Crippen LogP contribution in [0, 0.1) is 0 Å². The van der Waals surface area contributed by atoms with E-state index in [4.69, 9.17) is 0 Å². The lowest BCUT2D eigenvalue weighted by Gasteiger charge is -2.08. The molecule has 0 fully saturated rings. The molecular formula is C14H19N3. The molecule has 0 radical (unpaired) electrons. The number of rotatable bonds is 5. The van der Waals surface area contributed by atoms with E-state index >= 15 is 0 Å². The van der Waals surface area contributed by atoms with Crippen LogP contribution in [0.5, 0.6) is 0 Å². The van der Waals surface area contributed by atoms with E-state index in [2.05, 4.69) is 40.7 Å². The fourth-order valence-corrected chi connectivity index (χ4v) is 2.00. The van der Waals surface area contributed by atoms with Crippen molar-refractivity contribution in [2.75, 3.05) is 0 Å². The highest BCUT2D eigenvalue weighted by Crippen LogP contribution is 2.18. The lowest BCUT2D eigenvalue weighted by molar-refractivity contribution is 0.635. The van der Waals surface area contributed by atoms with Crippen LogP contribution in [0.2, 0.25) is 0 Å². The molecule has 3 heteroatoms. The third-order valence-corrected chi connectivity index (χ3v) is 2.78. The van der Waals surface area contributed by atoms with Crippen molar-refractivity contribution in [3.05, 3.63) is 36.2 Å². The monoisotopic (exact) mass is 229 g/mol. The SMILES string of the molecule is CCCc1nnc(-c2ccccc2)n1CCC. The van der Waals surface area contributed by atoms with E-state index in [1.165, 1.54) is 0 Å². The maximum Gasteiger partial charge on any atom is 0.163 e. The molecule has 0 aliphatic carbocycles. The first-order valence-corrected chi connectivity index (χ1v) is 6.34. The predicted octanol–water partition coefficient (Wildman–Crippen LogP) is 3.31. The smallest absolute Gasteiger partial charge is 0.163 e. The van der Waals surface area contributed by atoms with Crippen molar-refractivity contribution in [3.8, 4) is 11.4 Å². The Balaban J connectivity index is 2.40. The standard InChI is InChI=1S/C14H19N3/c1-3-8-13-15-16-14(17(13)11-4-2)12-9-6-5-7-10-12/h5-7,9-10H,3-4,8,11H2,1-2H3. The highest BCUT2D eigenvalue weighted by molar-refractivity contribution is 5.54. The molecule has 1 aromatic carbocycles. The molecule has 2 rings (SSSR count). The number of hydrogen-bond acceptors (Lipinski definition) is 2. The molecule has 0 saturated heterocycles. The first-order valence-electron chi connectivity index (χ1n) is 6.34. The van der Waals surface area contributed by atoms with Gasteiger partial charge in [-0.2, -0.15) is 0 Å². The summed E-state index contributed by atoms with van der Waals surface area (Å²) in [7, 11) is 0. The molecule has 0 unspecified atom stereocenters. The molecule has 0 N–H and O–H groups in total. The van der Waals surface area contributed by atoms with Gasteiger partial charge in [-0.1, -0.05) is 44.2 Å². The summed E-state index contributed by atoms with van der Waals surface area (Å²) in [5, 5.41) is 8.65. The predicted molar refractivity (Wildman–Crippen MR) is 69.7 cm³/mol. The van der Waals surface area contributed by atoms with Gasteiger partial charge in [0.25, 0.3) is 0 Å². The highest BCUT2D eigenvalue weighted by Gasteiger charge is 2.11. The van der Waals surface area contributed by atoms with Crippen LogP contribution >= 0.6 is 0 Å². The van der Waals surface area contributed by atoms with E-state index in [1.54, 1.807) is 0 Å². The zero-order valence-corrected chi connectivity index (χ0v) is 10.6. The van der Waals surface area contributed by atoms with Crippen LogP contribution < -0.4 is 0 Å². The Morgan fingerprint density at radius 2 is 1.76 bits per heavy atom. The van der Waals surface area contributed by atoms with Crippen molar-refractivity contribution in [1.29, 1.82) is 0 Å². The Hall–Kier alpha value is -1.64. The lowest BCUT2D eigenvalue weighted by Crippen LogP contribution is -2.05. The van der Waals surface area contributed by atoms with Gasteiger partial charge in [-0.3, -0.25) is 0 Å². The van der Waals surface area contributed by atoms with E-state index in [0.29, 0.717) is 0 Å². The van der Waals surface area contributed by atoms with Gasteiger partial charge >= 0.3 is 0 Å². The Kier molecular flexibility index (Phi) is 3.91. The minimum Gasteiger partial charge on any atom is -0.311 e. The number of nitrogens with zero attached hydrogens (tertiary/aromatic N) is 3. The van der Waals surface area contributed by atoms with Gasteiger partial charge in [0.05, 0.1) is 0 Å². The minimum absolute atomic E-state index is 0.993. The van der Waals surface area contributed by atoms with Crippen LogP contribution in [0.3, 0.4) is 0 Å². The topological polar surface area (TPSA) is 30.7 Å². The number of aromatic nitrogens is 3. The lowest BCUT2D eigenvalue weighted by atomic mass is 10.2. The van der Waals surface area contributed by atoms with Crippen molar-refractivity contribution in [1.82, 2.24) is 14.8 Å². The summed E-state index contributed by atoms with van der Waals surface area (Å²) in [4.78, 5) is 0. The molecule has 2 aromatic rings. The maximum atomic E-state index is 4.34. The Labute approximate surface area is 103 Å². The summed E-state index contributed by atoms with van der Waals surface area (Å²) >= 11 is 0. The second-order valence-corrected chi connectivity index (χ2v) is 4.21.